The molecule has 7 heteroatoms. The first-order chi connectivity index (χ1) is 9.50. The van der Waals surface area contributed by atoms with Gasteiger partial charge in [-0.3, -0.25) is 4.79 Å². The van der Waals surface area contributed by atoms with Crippen LogP contribution < -0.4 is 10.9 Å². The van der Waals surface area contributed by atoms with Crippen molar-refractivity contribution in [1.29, 1.82) is 0 Å². The van der Waals surface area contributed by atoms with Crippen LogP contribution in [0, 0.1) is 0 Å². The molecule has 0 unspecified atom stereocenters. The van der Waals surface area contributed by atoms with Crippen LogP contribution >= 0.6 is 15.9 Å². The van der Waals surface area contributed by atoms with Gasteiger partial charge in [-0.15, -0.1) is 0 Å². The lowest BCUT2D eigenvalue weighted by Gasteiger charge is -2.47. The minimum Gasteiger partial charge on any atom is -0.394 e. The first kappa shape index (κ1) is 15.5. The Morgan fingerprint density at radius 2 is 2.25 bits per heavy atom. The van der Waals surface area contributed by atoms with Gasteiger partial charge in [0.05, 0.1) is 25.0 Å². The molecule has 0 aliphatic heterocycles. The van der Waals surface area contributed by atoms with E-state index in [0.29, 0.717) is 10.2 Å². The van der Waals surface area contributed by atoms with Gasteiger partial charge in [-0.2, -0.15) is 5.10 Å². The molecule has 1 aliphatic carbocycles. The van der Waals surface area contributed by atoms with E-state index in [-0.39, 0.29) is 24.2 Å². The standard InChI is InChI=1S/C13H21BrN4O2/c1-17(2)13(4-3-5-13)9-15-10-8-16-18(6-7-19)12(20)11(10)14/h8,15,19H,3-7,9H2,1-2H3. The van der Waals surface area contributed by atoms with Gasteiger partial charge in [0.2, 0.25) is 0 Å². The van der Waals surface area contributed by atoms with Gasteiger partial charge in [-0.1, -0.05) is 0 Å². The van der Waals surface area contributed by atoms with Gasteiger partial charge in [0.25, 0.3) is 5.56 Å². The number of aliphatic hydroxyl groups excluding tert-OH is 1. The van der Waals surface area contributed by atoms with Crippen LogP contribution in [0.1, 0.15) is 19.3 Å². The molecule has 20 heavy (non-hydrogen) atoms. The molecule has 1 fully saturated rings. The topological polar surface area (TPSA) is 70.4 Å². The van der Waals surface area contributed by atoms with Gasteiger partial charge >= 0.3 is 0 Å². The molecule has 0 aromatic carbocycles. The van der Waals surface area contributed by atoms with Crippen LogP contribution in [0.15, 0.2) is 15.5 Å². The largest absolute Gasteiger partial charge is 0.394 e. The molecule has 1 aliphatic rings. The summed E-state index contributed by atoms with van der Waals surface area (Å²) < 4.78 is 1.72. The number of rotatable bonds is 6. The summed E-state index contributed by atoms with van der Waals surface area (Å²) in [6.07, 6.45) is 5.21. The normalized spacial score (nSPS) is 17.1. The highest BCUT2D eigenvalue weighted by Crippen LogP contribution is 2.36. The summed E-state index contributed by atoms with van der Waals surface area (Å²) in [5.41, 5.74) is 0.660. The van der Waals surface area contributed by atoms with Crippen molar-refractivity contribution in [2.45, 2.75) is 31.3 Å². The highest BCUT2D eigenvalue weighted by Gasteiger charge is 2.38. The number of halogens is 1. The zero-order chi connectivity index (χ0) is 14.8. The molecule has 6 nitrogen and oxygen atoms in total. The van der Waals surface area contributed by atoms with Crippen LogP contribution in [0.25, 0.3) is 0 Å². The predicted octanol–water partition coefficient (Wildman–Crippen LogP) is 0.894. The van der Waals surface area contributed by atoms with Crippen molar-refractivity contribution < 1.29 is 5.11 Å². The van der Waals surface area contributed by atoms with Crippen molar-refractivity contribution in [3.05, 3.63) is 21.0 Å². The molecule has 2 N–H and O–H groups in total. The van der Waals surface area contributed by atoms with E-state index >= 15 is 0 Å². The molecule has 1 aromatic rings. The Hall–Kier alpha value is -0.920. The van der Waals surface area contributed by atoms with Crippen LogP contribution in [0.2, 0.25) is 0 Å². The molecule has 0 amide bonds. The molecule has 1 aromatic heterocycles. The summed E-state index contributed by atoms with van der Waals surface area (Å²) in [4.78, 5) is 14.3. The Morgan fingerprint density at radius 3 is 2.75 bits per heavy atom. The van der Waals surface area contributed by atoms with Crippen molar-refractivity contribution in [2.24, 2.45) is 0 Å². The molecule has 112 valence electrons. The van der Waals surface area contributed by atoms with E-state index < -0.39 is 0 Å². The van der Waals surface area contributed by atoms with Crippen molar-refractivity contribution in [3.63, 3.8) is 0 Å². The van der Waals surface area contributed by atoms with Crippen LogP contribution in [-0.2, 0) is 6.54 Å². The second-order valence-electron chi connectivity index (χ2n) is 5.45. The van der Waals surface area contributed by atoms with E-state index in [1.807, 2.05) is 0 Å². The lowest BCUT2D eigenvalue weighted by atomic mass is 9.75. The molecular weight excluding hydrogens is 324 g/mol. The molecule has 2 rings (SSSR count). The number of aromatic nitrogens is 2. The van der Waals surface area contributed by atoms with Crippen molar-refractivity contribution in [2.75, 3.05) is 32.6 Å². The maximum atomic E-state index is 12.0. The Balaban J connectivity index is 2.11. The van der Waals surface area contributed by atoms with Crippen molar-refractivity contribution in [1.82, 2.24) is 14.7 Å². The third-order valence-electron chi connectivity index (χ3n) is 4.14. The molecule has 0 radical (unpaired) electrons. The van der Waals surface area contributed by atoms with Gasteiger partial charge in [0.1, 0.15) is 4.47 Å². The highest BCUT2D eigenvalue weighted by molar-refractivity contribution is 9.10. The Bertz CT molecular complexity index is 526. The minimum absolute atomic E-state index is 0.101. The molecule has 1 heterocycles. The zero-order valence-electron chi connectivity index (χ0n) is 11.9. The molecular formula is C13H21BrN4O2. The Morgan fingerprint density at radius 1 is 1.55 bits per heavy atom. The van der Waals surface area contributed by atoms with E-state index in [0.717, 1.165) is 6.54 Å². The van der Waals surface area contributed by atoms with Crippen LogP contribution in [0.4, 0.5) is 5.69 Å². The van der Waals surface area contributed by atoms with Crippen LogP contribution in [0.3, 0.4) is 0 Å². The van der Waals surface area contributed by atoms with Crippen LogP contribution in [-0.4, -0.2) is 52.6 Å². The maximum absolute atomic E-state index is 12.0. The lowest BCUT2D eigenvalue weighted by molar-refractivity contribution is 0.0739. The molecule has 0 bridgehead atoms. The smallest absolute Gasteiger partial charge is 0.283 e. The first-order valence-electron chi connectivity index (χ1n) is 6.78. The lowest BCUT2D eigenvalue weighted by Crippen LogP contribution is -2.54. The van der Waals surface area contributed by atoms with Gasteiger partial charge in [0, 0.05) is 12.1 Å². The molecule has 0 saturated heterocycles. The van der Waals surface area contributed by atoms with E-state index in [4.69, 9.17) is 5.11 Å². The number of hydrogen-bond donors (Lipinski definition) is 2. The van der Waals surface area contributed by atoms with E-state index in [2.05, 4.69) is 45.3 Å². The number of hydrogen-bond acceptors (Lipinski definition) is 5. The number of nitrogens with one attached hydrogen (secondary N) is 1. The van der Waals surface area contributed by atoms with Crippen LogP contribution in [0.5, 0.6) is 0 Å². The highest BCUT2D eigenvalue weighted by atomic mass is 79.9. The van der Waals surface area contributed by atoms with Gasteiger partial charge < -0.3 is 15.3 Å². The van der Waals surface area contributed by atoms with Crippen molar-refractivity contribution >= 4 is 21.6 Å². The summed E-state index contributed by atoms with van der Waals surface area (Å²) >= 11 is 3.31. The third-order valence-corrected chi connectivity index (χ3v) is 4.90. The second kappa shape index (κ2) is 6.24. The van der Waals surface area contributed by atoms with Gasteiger partial charge in [0.15, 0.2) is 0 Å². The number of anilines is 1. The van der Waals surface area contributed by atoms with E-state index in [1.165, 1.54) is 23.9 Å². The van der Waals surface area contributed by atoms with E-state index in [9.17, 15) is 4.79 Å². The number of nitrogens with zero attached hydrogens (tertiary/aromatic N) is 3. The summed E-state index contributed by atoms with van der Waals surface area (Å²) in [5.74, 6) is 0. The third kappa shape index (κ3) is 2.89. The summed E-state index contributed by atoms with van der Waals surface area (Å²) in [5, 5.41) is 16.3. The quantitative estimate of drug-likeness (QED) is 0.802. The van der Waals surface area contributed by atoms with Gasteiger partial charge in [-0.05, 0) is 49.3 Å². The average molecular weight is 345 g/mol. The predicted molar refractivity (Wildman–Crippen MR) is 82.0 cm³/mol. The fraction of sp³-hybridized carbons (Fsp3) is 0.692. The fourth-order valence-corrected chi connectivity index (χ4v) is 2.92. The monoisotopic (exact) mass is 344 g/mol. The zero-order valence-corrected chi connectivity index (χ0v) is 13.5. The minimum atomic E-state index is -0.225. The van der Waals surface area contributed by atoms with Crippen molar-refractivity contribution in [3.8, 4) is 0 Å². The number of aliphatic hydroxyl groups is 1. The molecule has 1 saturated carbocycles. The molecule has 0 spiro atoms. The van der Waals surface area contributed by atoms with E-state index in [1.54, 1.807) is 6.20 Å². The average Bonchev–Trinajstić information content (AvgIpc) is 2.36. The maximum Gasteiger partial charge on any atom is 0.283 e. The summed E-state index contributed by atoms with van der Waals surface area (Å²) in [7, 11) is 4.18. The Kier molecular flexibility index (Phi) is 4.82. The SMILES string of the molecule is CN(C)C1(CNc2cnn(CCO)c(=O)c2Br)CCC1. The summed E-state index contributed by atoms with van der Waals surface area (Å²) in [6, 6.07) is 0. The first-order valence-corrected chi connectivity index (χ1v) is 7.57. The summed E-state index contributed by atoms with van der Waals surface area (Å²) in [6.45, 7) is 0.902. The number of likely N-dealkylation sites (N-methyl/N-ethyl adjacent to an activating group) is 1. The fourth-order valence-electron chi connectivity index (χ4n) is 2.47. The second-order valence-corrected chi connectivity index (χ2v) is 6.24. The Labute approximate surface area is 126 Å². The molecule has 0 atom stereocenters. The van der Waals surface area contributed by atoms with Gasteiger partial charge in [-0.25, -0.2) is 4.68 Å².